The van der Waals surface area contributed by atoms with Gasteiger partial charge in [0.25, 0.3) is 5.91 Å². The fourth-order valence-corrected chi connectivity index (χ4v) is 2.56. The number of nitrogens with one attached hydrogen (secondary N) is 1. The molecule has 0 aliphatic heterocycles. The van der Waals surface area contributed by atoms with Crippen molar-refractivity contribution in [1.82, 2.24) is 19.9 Å². The summed E-state index contributed by atoms with van der Waals surface area (Å²) in [6, 6.07) is 17.7. The highest BCUT2D eigenvalue weighted by atomic mass is 16.2. The van der Waals surface area contributed by atoms with Crippen LogP contribution in [0.4, 0.5) is 5.69 Å². The quantitative estimate of drug-likeness (QED) is 0.752. The second kappa shape index (κ2) is 7.72. The standard InChI is InChI=1S/C19H21N5O/c1-23(2)12-16-9-6-10-17(11-16)20-19(25)18-14-24(22-21-18)13-15-7-4-3-5-8-15/h3-11,14H,12-13H2,1-2H3,(H,20,25). The van der Waals surface area contributed by atoms with Gasteiger partial charge in [0.2, 0.25) is 0 Å². The Balaban J connectivity index is 1.66. The molecular weight excluding hydrogens is 314 g/mol. The summed E-state index contributed by atoms with van der Waals surface area (Å²) in [4.78, 5) is 14.5. The second-order valence-electron chi connectivity index (χ2n) is 6.18. The van der Waals surface area contributed by atoms with Crippen LogP contribution in [0.25, 0.3) is 0 Å². The molecule has 6 nitrogen and oxygen atoms in total. The molecule has 1 heterocycles. The van der Waals surface area contributed by atoms with Crippen molar-refractivity contribution >= 4 is 11.6 Å². The Kier molecular flexibility index (Phi) is 5.20. The molecule has 0 aliphatic rings. The van der Waals surface area contributed by atoms with Gasteiger partial charge in [0.15, 0.2) is 5.69 Å². The van der Waals surface area contributed by atoms with Crippen LogP contribution in [-0.2, 0) is 13.1 Å². The van der Waals surface area contributed by atoms with Gasteiger partial charge in [0.1, 0.15) is 0 Å². The zero-order valence-corrected chi connectivity index (χ0v) is 14.4. The molecule has 128 valence electrons. The van der Waals surface area contributed by atoms with Gasteiger partial charge in [-0.3, -0.25) is 4.79 Å². The molecule has 3 rings (SSSR count). The topological polar surface area (TPSA) is 63.1 Å². The van der Waals surface area contributed by atoms with E-state index in [4.69, 9.17) is 0 Å². The van der Waals surface area contributed by atoms with Crippen LogP contribution in [0.2, 0.25) is 0 Å². The second-order valence-corrected chi connectivity index (χ2v) is 6.18. The molecule has 1 amide bonds. The van der Waals surface area contributed by atoms with Crippen molar-refractivity contribution in [3.05, 3.63) is 77.6 Å². The van der Waals surface area contributed by atoms with Gasteiger partial charge in [-0.2, -0.15) is 0 Å². The van der Waals surface area contributed by atoms with Gasteiger partial charge in [-0.25, -0.2) is 4.68 Å². The molecule has 0 fully saturated rings. The molecule has 0 atom stereocenters. The van der Waals surface area contributed by atoms with Crippen LogP contribution in [0.15, 0.2) is 60.8 Å². The Morgan fingerprint density at radius 2 is 1.84 bits per heavy atom. The molecule has 2 aromatic carbocycles. The van der Waals surface area contributed by atoms with E-state index in [9.17, 15) is 4.79 Å². The normalized spacial score (nSPS) is 10.8. The maximum absolute atomic E-state index is 12.4. The molecule has 3 aromatic rings. The van der Waals surface area contributed by atoms with Gasteiger partial charge in [-0.05, 0) is 37.4 Å². The zero-order chi connectivity index (χ0) is 17.6. The molecule has 1 N–H and O–H groups in total. The summed E-state index contributed by atoms with van der Waals surface area (Å²) in [5, 5.41) is 10.9. The molecule has 6 heteroatoms. The number of hydrogen-bond acceptors (Lipinski definition) is 4. The van der Waals surface area contributed by atoms with E-state index in [0.29, 0.717) is 12.2 Å². The number of aromatic nitrogens is 3. The lowest BCUT2D eigenvalue weighted by Crippen LogP contribution is -2.14. The number of nitrogens with zero attached hydrogens (tertiary/aromatic N) is 4. The Labute approximate surface area is 147 Å². The third kappa shape index (κ3) is 4.74. The summed E-state index contributed by atoms with van der Waals surface area (Å²) < 4.78 is 1.66. The fourth-order valence-electron chi connectivity index (χ4n) is 2.56. The summed E-state index contributed by atoms with van der Waals surface area (Å²) >= 11 is 0. The summed E-state index contributed by atoms with van der Waals surface area (Å²) in [6.45, 7) is 1.40. The molecule has 0 unspecified atom stereocenters. The highest BCUT2D eigenvalue weighted by Gasteiger charge is 2.11. The highest BCUT2D eigenvalue weighted by molar-refractivity contribution is 6.02. The smallest absolute Gasteiger partial charge is 0.277 e. The van der Waals surface area contributed by atoms with E-state index >= 15 is 0 Å². The van der Waals surface area contributed by atoms with Crippen LogP contribution in [0, 0.1) is 0 Å². The van der Waals surface area contributed by atoms with E-state index in [1.807, 2.05) is 68.7 Å². The van der Waals surface area contributed by atoms with E-state index in [0.717, 1.165) is 23.4 Å². The van der Waals surface area contributed by atoms with Crippen molar-refractivity contribution < 1.29 is 4.79 Å². The third-order valence-electron chi connectivity index (χ3n) is 3.64. The molecule has 0 bridgehead atoms. The van der Waals surface area contributed by atoms with E-state index in [1.165, 1.54) is 0 Å². The Morgan fingerprint density at radius 3 is 2.60 bits per heavy atom. The first-order chi connectivity index (χ1) is 12.1. The molecule has 0 radical (unpaired) electrons. The number of amides is 1. The van der Waals surface area contributed by atoms with Gasteiger partial charge >= 0.3 is 0 Å². The lowest BCUT2D eigenvalue weighted by atomic mass is 10.2. The predicted octanol–water partition coefficient (Wildman–Crippen LogP) is 2.64. The zero-order valence-electron chi connectivity index (χ0n) is 14.4. The number of hydrogen-bond donors (Lipinski definition) is 1. The van der Waals surface area contributed by atoms with Crippen LogP contribution in [-0.4, -0.2) is 39.9 Å². The first-order valence-electron chi connectivity index (χ1n) is 8.09. The van der Waals surface area contributed by atoms with Gasteiger partial charge in [0, 0.05) is 12.2 Å². The van der Waals surface area contributed by atoms with Crippen molar-refractivity contribution in [2.24, 2.45) is 0 Å². The van der Waals surface area contributed by atoms with Gasteiger partial charge in [0.05, 0.1) is 12.7 Å². The number of benzene rings is 2. The maximum atomic E-state index is 12.4. The van der Waals surface area contributed by atoms with Crippen molar-refractivity contribution in [3.63, 3.8) is 0 Å². The van der Waals surface area contributed by atoms with Crippen molar-refractivity contribution in [2.75, 3.05) is 19.4 Å². The number of anilines is 1. The molecular formula is C19H21N5O. The predicted molar refractivity (Wildman–Crippen MR) is 97.4 cm³/mol. The van der Waals surface area contributed by atoms with Crippen LogP contribution < -0.4 is 5.32 Å². The van der Waals surface area contributed by atoms with Crippen LogP contribution in [0.5, 0.6) is 0 Å². The summed E-state index contributed by atoms with van der Waals surface area (Å²) in [7, 11) is 4.02. The van der Waals surface area contributed by atoms with Crippen LogP contribution in [0.1, 0.15) is 21.6 Å². The summed E-state index contributed by atoms with van der Waals surface area (Å²) in [5.74, 6) is -0.263. The molecule has 0 spiro atoms. The molecule has 1 aromatic heterocycles. The fraction of sp³-hybridized carbons (Fsp3) is 0.211. The SMILES string of the molecule is CN(C)Cc1cccc(NC(=O)c2cn(Cc3ccccc3)nn2)c1. The lowest BCUT2D eigenvalue weighted by Gasteiger charge is -2.11. The van der Waals surface area contributed by atoms with Gasteiger partial charge < -0.3 is 10.2 Å². The minimum Gasteiger partial charge on any atom is -0.321 e. The monoisotopic (exact) mass is 335 g/mol. The Morgan fingerprint density at radius 1 is 1.08 bits per heavy atom. The summed E-state index contributed by atoms with van der Waals surface area (Å²) in [5.41, 5.74) is 3.29. The Bertz CT molecular complexity index is 842. The Hall–Kier alpha value is -2.99. The van der Waals surface area contributed by atoms with E-state index in [-0.39, 0.29) is 5.91 Å². The average Bonchev–Trinajstić information content (AvgIpc) is 3.04. The minimum atomic E-state index is -0.263. The lowest BCUT2D eigenvalue weighted by molar-refractivity contribution is 0.102. The van der Waals surface area contributed by atoms with Gasteiger partial charge in [-0.1, -0.05) is 47.7 Å². The maximum Gasteiger partial charge on any atom is 0.277 e. The van der Waals surface area contributed by atoms with Crippen molar-refractivity contribution in [2.45, 2.75) is 13.1 Å². The molecule has 0 saturated carbocycles. The average molecular weight is 335 g/mol. The van der Waals surface area contributed by atoms with Crippen molar-refractivity contribution in [3.8, 4) is 0 Å². The number of carbonyl (C=O) groups is 1. The molecule has 25 heavy (non-hydrogen) atoms. The largest absolute Gasteiger partial charge is 0.321 e. The number of rotatable bonds is 6. The molecule has 0 saturated heterocycles. The highest BCUT2D eigenvalue weighted by Crippen LogP contribution is 2.13. The van der Waals surface area contributed by atoms with Gasteiger partial charge in [-0.15, -0.1) is 5.10 Å². The first kappa shape index (κ1) is 16.9. The first-order valence-corrected chi connectivity index (χ1v) is 8.09. The number of carbonyl (C=O) groups excluding carboxylic acids is 1. The summed E-state index contributed by atoms with van der Waals surface area (Å²) in [6.07, 6.45) is 1.66. The van der Waals surface area contributed by atoms with Crippen molar-refractivity contribution in [1.29, 1.82) is 0 Å². The minimum absolute atomic E-state index is 0.263. The molecule has 0 aliphatic carbocycles. The van der Waals surface area contributed by atoms with Crippen LogP contribution >= 0.6 is 0 Å². The van der Waals surface area contributed by atoms with Crippen LogP contribution in [0.3, 0.4) is 0 Å². The van der Waals surface area contributed by atoms with E-state index in [2.05, 4.69) is 20.5 Å². The van der Waals surface area contributed by atoms with E-state index < -0.39 is 0 Å². The van der Waals surface area contributed by atoms with E-state index in [1.54, 1.807) is 10.9 Å². The third-order valence-corrected chi connectivity index (χ3v) is 3.64.